The van der Waals surface area contributed by atoms with Gasteiger partial charge in [-0.1, -0.05) is 37.1 Å². The van der Waals surface area contributed by atoms with E-state index in [0.29, 0.717) is 17.4 Å². The monoisotopic (exact) mass is 518 g/mol. The molecule has 1 N–H and O–H groups in total. The molecule has 4 fully saturated rings. The summed E-state index contributed by atoms with van der Waals surface area (Å²) in [5.41, 5.74) is 3.43. The number of hydrogen-bond acceptors (Lipinski definition) is 4. The molecule has 7 rings (SSSR count). The van der Waals surface area contributed by atoms with Crippen molar-refractivity contribution in [3.63, 3.8) is 0 Å². The Morgan fingerprint density at radius 1 is 0.865 bits per heavy atom. The van der Waals surface area contributed by atoms with Gasteiger partial charge >= 0.3 is 0 Å². The molecule has 5 heteroatoms. The van der Waals surface area contributed by atoms with Crippen molar-refractivity contribution in [2.45, 2.75) is 98.5 Å². The summed E-state index contributed by atoms with van der Waals surface area (Å²) in [5.74, 6) is 2.46. The zero-order valence-corrected chi connectivity index (χ0v) is 22.9. The average molecular weight is 519 g/mol. The topological polar surface area (TPSA) is 47.6 Å². The molecule has 2 aromatic carbocycles. The Bertz CT molecular complexity index is 1070. The molecule has 0 spiro atoms. The summed E-state index contributed by atoms with van der Waals surface area (Å²) in [6.07, 6.45) is 14.2. The van der Waals surface area contributed by atoms with Crippen molar-refractivity contribution in [1.29, 1.82) is 0 Å². The molecule has 0 bridgehead atoms. The molecule has 2 atom stereocenters. The minimum absolute atomic E-state index is 0.192. The Labute approximate surface area is 225 Å². The van der Waals surface area contributed by atoms with E-state index >= 15 is 0 Å². The molecular weight excluding hydrogens is 476 g/mol. The predicted octanol–water partition coefficient (Wildman–Crippen LogP) is 5.81. The van der Waals surface area contributed by atoms with Crippen LogP contribution in [0.25, 0.3) is 0 Å². The lowest BCUT2D eigenvalue weighted by molar-refractivity contribution is -0.0170. The highest BCUT2D eigenvalue weighted by molar-refractivity contribution is 7.92. The second-order valence-electron chi connectivity index (χ2n) is 12.3. The highest BCUT2D eigenvalue weighted by Crippen LogP contribution is 2.51. The standard InChI is InChI=1S/C32H42N2O2S/c35-37(30-13-14-30)29-11-9-27(10-12-29)36-28-21-26(22-28)34-19-16-25(17-20-34)32(24-6-2-3-7-24)31-8-4-1-5-23(31)15-18-33-32/h1,4-5,8-12,24-26,28,30,33H,2-3,6-7,13-22H2/t26-,28+,32?,37?. The van der Waals surface area contributed by atoms with E-state index in [4.69, 9.17) is 4.74 Å². The van der Waals surface area contributed by atoms with Crippen molar-refractivity contribution in [2.75, 3.05) is 19.6 Å². The molecule has 37 heavy (non-hydrogen) atoms. The number of fused-ring (bicyclic) bond motifs is 1. The van der Waals surface area contributed by atoms with Crippen LogP contribution in [0.1, 0.15) is 75.3 Å². The molecule has 0 amide bonds. The largest absolute Gasteiger partial charge is 0.611 e. The maximum absolute atomic E-state index is 12.4. The minimum atomic E-state index is -0.830. The molecule has 3 saturated carbocycles. The normalized spacial score (nSPS) is 32.0. The lowest BCUT2D eigenvalue weighted by Crippen LogP contribution is -2.60. The van der Waals surface area contributed by atoms with Gasteiger partial charge in [0.05, 0.1) is 0 Å². The number of nitrogens with one attached hydrogen (secondary N) is 1. The van der Waals surface area contributed by atoms with Crippen LogP contribution in [0.3, 0.4) is 0 Å². The van der Waals surface area contributed by atoms with Crippen LogP contribution >= 0.6 is 0 Å². The van der Waals surface area contributed by atoms with E-state index < -0.39 is 11.2 Å². The molecule has 3 aliphatic carbocycles. The lowest BCUT2D eigenvalue weighted by atomic mass is 9.63. The number of ether oxygens (including phenoxy) is 1. The fraction of sp³-hybridized carbons (Fsp3) is 0.625. The summed E-state index contributed by atoms with van der Waals surface area (Å²) in [6, 6.07) is 18.1. The van der Waals surface area contributed by atoms with Crippen LogP contribution in [0.5, 0.6) is 5.75 Å². The molecule has 0 radical (unpaired) electrons. The van der Waals surface area contributed by atoms with Gasteiger partial charge in [-0.2, -0.15) is 0 Å². The lowest BCUT2D eigenvalue weighted by Gasteiger charge is -2.53. The number of benzene rings is 2. The maximum atomic E-state index is 12.4. The number of nitrogens with zero attached hydrogens (tertiary/aromatic N) is 1. The maximum Gasteiger partial charge on any atom is 0.153 e. The number of hydrogen-bond donors (Lipinski definition) is 1. The van der Waals surface area contributed by atoms with Crippen molar-refractivity contribution < 1.29 is 9.29 Å². The third-order valence-corrected chi connectivity index (χ3v) is 12.0. The van der Waals surface area contributed by atoms with Gasteiger partial charge in [0.1, 0.15) is 17.1 Å². The first-order valence-electron chi connectivity index (χ1n) is 15.0. The Kier molecular flexibility index (Phi) is 6.77. The summed E-state index contributed by atoms with van der Waals surface area (Å²) in [4.78, 5) is 3.71. The van der Waals surface area contributed by atoms with Gasteiger partial charge < -0.3 is 19.5 Å². The van der Waals surface area contributed by atoms with Crippen molar-refractivity contribution in [3.05, 3.63) is 59.7 Å². The number of piperidine rings is 1. The van der Waals surface area contributed by atoms with Crippen LogP contribution < -0.4 is 10.1 Å². The van der Waals surface area contributed by atoms with Crippen molar-refractivity contribution in [1.82, 2.24) is 10.2 Å². The van der Waals surface area contributed by atoms with Gasteiger partial charge in [-0.3, -0.25) is 0 Å². The Hall–Kier alpha value is -1.53. The van der Waals surface area contributed by atoms with Gasteiger partial charge in [0, 0.05) is 43.8 Å². The first-order chi connectivity index (χ1) is 18.2. The summed E-state index contributed by atoms with van der Waals surface area (Å²) >= 11 is -0.830. The molecule has 4 nitrogen and oxygen atoms in total. The second-order valence-corrected chi connectivity index (χ2v) is 14.1. The predicted molar refractivity (Wildman–Crippen MR) is 149 cm³/mol. The van der Waals surface area contributed by atoms with Gasteiger partial charge in [-0.15, -0.1) is 0 Å². The van der Waals surface area contributed by atoms with Gasteiger partial charge in [0.25, 0.3) is 0 Å². The third kappa shape index (κ3) is 4.64. The van der Waals surface area contributed by atoms with Crippen LogP contribution in [0.4, 0.5) is 0 Å². The van der Waals surface area contributed by atoms with E-state index in [9.17, 15) is 4.55 Å². The molecule has 2 unspecified atom stereocenters. The molecule has 198 valence electrons. The number of rotatable bonds is 7. The zero-order valence-electron chi connectivity index (χ0n) is 22.1. The highest BCUT2D eigenvalue weighted by atomic mass is 32.2. The highest BCUT2D eigenvalue weighted by Gasteiger charge is 2.50. The van der Waals surface area contributed by atoms with E-state index in [2.05, 4.69) is 34.5 Å². The van der Waals surface area contributed by atoms with Crippen LogP contribution in [-0.4, -0.2) is 46.5 Å². The van der Waals surface area contributed by atoms with Gasteiger partial charge in [0.15, 0.2) is 4.90 Å². The van der Waals surface area contributed by atoms with Crippen LogP contribution in [0, 0.1) is 11.8 Å². The SMILES string of the molecule is [O-][S+](c1ccc(O[C@H]2C[C@@H](N3CCC(C4(C5CCCC5)NCCc5ccccc54)CC3)C2)cc1)C1CC1. The summed E-state index contributed by atoms with van der Waals surface area (Å²) in [6.45, 7) is 3.58. The molecule has 5 aliphatic rings. The fourth-order valence-electron chi connectivity index (χ4n) is 8.06. The van der Waals surface area contributed by atoms with Crippen LogP contribution in [0.2, 0.25) is 0 Å². The fourth-order valence-corrected chi connectivity index (χ4v) is 9.41. The van der Waals surface area contributed by atoms with E-state index in [1.165, 1.54) is 58.0 Å². The molecule has 1 saturated heterocycles. The van der Waals surface area contributed by atoms with E-state index in [1.807, 2.05) is 24.3 Å². The van der Waals surface area contributed by atoms with Crippen molar-refractivity contribution in [3.8, 4) is 5.75 Å². The van der Waals surface area contributed by atoms with E-state index in [1.54, 1.807) is 11.1 Å². The van der Waals surface area contributed by atoms with Crippen LogP contribution in [0.15, 0.2) is 53.4 Å². The zero-order chi connectivity index (χ0) is 24.8. The van der Waals surface area contributed by atoms with Gasteiger partial charge in [-0.05, 0) is 104 Å². The number of likely N-dealkylation sites (tertiary alicyclic amines) is 1. The molecule has 2 heterocycles. The van der Waals surface area contributed by atoms with Crippen molar-refractivity contribution in [2.24, 2.45) is 11.8 Å². The summed E-state index contributed by atoms with van der Waals surface area (Å²) in [7, 11) is 0. The summed E-state index contributed by atoms with van der Waals surface area (Å²) in [5, 5.41) is 4.56. The first kappa shape index (κ1) is 24.5. The minimum Gasteiger partial charge on any atom is -0.611 e. The molecule has 2 aliphatic heterocycles. The van der Waals surface area contributed by atoms with Gasteiger partial charge in [0.2, 0.25) is 0 Å². The van der Waals surface area contributed by atoms with E-state index in [0.717, 1.165) is 54.7 Å². The smallest absolute Gasteiger partial charge is 0.153 e. The Balaban J connectivity index is 0.958. The average Bonchev–Trinajstić information content (AvgIpc) is 3.63. The molecule has 0 aromatic heterocycles. The first-order valence-corrected chi connectivity index (χ1v) is 16.2. The second kappa shape index (κ2) is 10.2. The van der Waals surface area contributed by atoms with Gasteiger partial charge in [-0.25, -0.2) is 0 Å². The Morgan fingerprint density at radius 2 is 1.57 bits per heavy atom. The van der Waals surface area contributed by atoms with E-state index in [-0.39, 0.29) is 5.54 Å². The van der Waals surface area contributed by atoms with Crippen LogP contribution in [-0.2, 0) is 23.1 Å². The third-order valence-electron chi connectivity index (χ3n) is 10.2. The summed E-state index contributed by atoms with van der Waals surface area (Å²) < 4.78 is 18.7. The molecular formula is C32H42N2O2S. The van der Waals surface area contributed by atoms with Crippen molar-refractivity contribution >= 4 is 11.2 Å². The Morgan fingerprint density at radius 3 is 2.30 bits per heavy atom. The molecule has 2 aromatic rings. The quantitative estimate of drug-likeness (QED) is 0.470.